The fraction of sp³-hybridized carbons (Fsp3) is 0. The number of nitrogens with one attached hydrogen (secondary N) is 1. The molecule has 0 heterocycles. The summed E-state index contributed by atoms with van der Waals surface area (Å²) in [7, 11) is 0. The number of hydrogen-bond donors (Lipinski definition) is 3. The van der Waals surface area contributed by atoms with E-state index in [1.54, 1.807) is 0 Å². The van der Waals surface area contributed by atoms with E-state index in [0.29, 0.717) is 0 Å². The van der Waals surface area contributed by atoms with Crippen molar-refractivity contribution in [2.45, 2.75) is 0 Å². The Morgan fingerprint density at radius 1 is 1.64 bits per heavy atom. The molecular formula is C5H5N3O3. The zero-order valence-corrected chi connectivity index (χ0v) is 5.37. The van der Waals surface area contributed by atoms with Gasteiger partial charge in [0, 0.05) is 6.20 Å². The number of aliphatic carboxylic acids is 1. The van der Waals surface area contributed by atoms with Gasteiger partial charge in [0.1, 0.15) is 6.07 Å². The molecule has 0 spiro atoms. The van der Waals surface area contributed by atoms with Crippen LogP contribution in [0, 0.1) is 11.3 Å². The molecule has 0 aromatic carbocycles. The van der Waals surface area contributed by atoms with E-state index in [1.807, 2.05) is 5.32 Å². The van der Waals surface area contributed by atoms with Gasteiger partial charge in [-0.15, -0.1) is 0 Å². The molecular weight excluding hydrogens is 150 g/mol. The SMILES string of the molecule is N#C/C(=C/NC(N)=O)C(=O)O. The minimum absolute atomic E-state index is 0.580. The van der Waals surface area contributed by atoms with Gasteiger partial charge in [-0.05, 0) is 0 Å². The Hall–Kier alpha value is -2.03. The fourth-order valence-electron chi connectivity index (χ4n) is 0.285. The number of nitriles is 1. The van der Waals surface area contributed by atoms with Gasteiger partial charge in [-0.1, -0.05) is 0 Å². The summed E-state index contributed by atoms with van der Waals surface area (Å²) in [6.07, 6.45) is 0.727. The molecule has 11 heavy (non-hydrogen) atoms. The van der Waals surface area contributed by atoms with Crippen LogP contribution in [0.2, 0.25) is 0 Å². The summed E-state index contributed by atoms with van der Waals surface area (Å²) in [5.74, 6) is -1.42. The summed E-state index contributed by atoms with van der Waals surface area (Å²) in [6.45, 7) is 0. The molecule has 0 aromatic rings. The van der Waals surface area contributed by atoms with Crippen LogP contribution in [-0.4, -0.2) is 17.1 Å². The Labute approximate surface area is 61.9 Å². The number of carboxylic acid groups (broad SMARTS) is 1. The van der Waals surface area contributed by atoms with E-state index < -0.39 is 17.6 Å². The van der Waals surface area contributed by atoms with E-state index >= 15 is 0 Å². The average molecular weight is 155 g/mol. The van der Waals surface area contributed by atoms with E-state index in [-0.39, 0.29) is 0 Å². The number of carbonyl (C=O) groups excluding carboxylic acids is 1. The molecule has 0 saturated heterocycles. The third-order valence-corrected chi connectivity index (χ3v) is 0.710. The van der Waals surface area contributed by atoms with E-state index in [0.717, 1.165) is 6.20 Å². The van der Waals surface area contributed by atoms with E-state index in [1.165, 1.54) is 6.07 Å². The lowest BCUT2D eigenvalue weighted by Gasteiger charge is -1.91. The molecule has 0 rings (SSSR count). The molecule has 2 amide bonds. The molecule has 0 radical (unpaired) electrons. The first kappa shape index (κ1) is 8.97. The Morgan fingerprint density at radius 3 is 2.45 bits per heavy atom. The van der Waals surface area contributed by atoms with Crippen molar-refractivity contribution >= 4 is 12.0 Å². The highest BCUT2D eigenvalue weighted by Crippen LogP contribution is 1.87. The van der Waals surface area contributed by atoms with Crippen LogP contribution in [0.5, 0.6) is 0 Å². The third-order valence-electron chi connectivity index (χ3n) is 0.710. The monoisotopic (exact) mass is 155 g/mol. The summed E-state index contributed by atoms with van der Waals surface area (Å²) < 4.78 is 0. The zero-order valence-electron chi connectivity index (χ0n) is 5.37. The maximum atomic E-state index is 10.1. The highest BCUT2D eigenvalue weighted by Gasteiger charge is 2.04. The molecule has 0 atom stereocenters. The number of amides is 2. The third kappa shape index (κ3) is 3.53. The van der Waals surface area contributed by atoms with Crippen molar-refractivity contribution in [3.63, 3.8) is 0 Å². The van der Waals surface area contributed by atoms with Crippen LogP contribution in [0.1, 0.15) is 0 Å². The first-order valence-corrected chi connectivity index (χ1v) is 2.47. The van der Waals surface area contributed by atoms with Gasteiger partial charge in [0.2, 0.25) is 0 Å². The Balaban J connectivity index is 4.28. The van der Waals surface area contributed by atoms with Gasteiger partial charge in [0.25, 0.3) is 0 Å². The number of nitrogens with zero attached hydrogens (tertiary/aromatic N) is 1. The molecule has 0 unspecified atom stereocenters. The number of carboxylic acids is 1. The first-order chi connectivity index (χ1) is 5.07. The number of primary amides is 1. The van der Waals surface area contributed by atoms with Crippen molar-refractivity contribution < 1.29 is 14.7 Å². The second-order valence-electron chi connectivity index (χ2n) is 1.48. The minimum atomic E-state index is -1.42. The van der Waals surface area contributed by atoms with E-state index in [9.17, 15) is 9.59 Å². The van der Waals surface area contributed by atoms with Gasteiger partial charge in [-0.3, -0.25) is 0 Å². The number of carbonyl (C=O) groups is 2. The van der Waals surface area contributed by atoms with Crippen LogP contribution in [0.25, 0.3) is 0 Å². The van der Waals surface area contributed by atoms with E-state index in [2.05, 4.69) is 5.73 Å². The van der Waals surface area contributed by atoms with Crippen molar-refractivity contribution in [1.29, 1.82) is 5.26 Å². The maximum Gasteiger partial charge on any atom is 0.347 e. The van der Waals surface area contributed by atoms with Crippen LogP contribution < -0.4 is 11.1 Å². The van der Waals surface area contributed by atoms with Gasteiger partial charge in [0.15, 0.2) is 5.57 Å². The Bertz CT molecular complexity index is 250. The second-order valence-corrected chi connectivity index (χ2v) is 1.48. The fourth-order valence-corrected chi connectivity index (χ4v) is 0.285. The highest BCUT2D eigenvalue weighted by molar-refractivity contribution is 5.91. The second kappa shape index (κ2) is 3.90. The first-order valence-electron chi connectivity index (χ1n) is 2.47. The lowest BCUT2D eigenvalue weighted by Crippen LogP contribution is -2.25. The molecule has 6 nitrogen and oxygen atoms in total. The molecule has 0 fully saturated rings. The van der Waals surface area contributed by atoms with Crippen molar-refractivity contribution in [2.75, 3.05) is 0 Å². The highest BCUT2D eigenvalue weighted by atomic mass is 16.4. The predicted octanol–water partition coefficient (Wildman–Crippen LogP) is -0.853. The predicted molar refractivity (Wildman–Crippen MR) is 34.1 cm³/mol. The zero-order chi connectivity index (χ0) is 8.85. The largest absolute Gasteiger partial charge is 0.477 e. The topological polar surface area (TPSA) is 116 Å². The molecule has 0 saturated carbocycles. The Morgan fingerprint density at radius 2 is 2.18 bits per heavy atom. The van der Waals surface area contributed by atoms with Gasteiger partial charge in [-0.2, -0.15) is 5.26 Å². The van der Waals surface area contributed by atoms with Gasteiger partial charge in [0.05, 0.1) is 0 Å². The van der Waals surface area contributed by atoms with Crippen LogP contribution in [0.15, 0.2) is 11.8 Å². The van der Waals surface area contributed by atoms with Crippen molar-refractivity contribution in [3.05, 3.63) is 11.8 Å². The molecule has 0 bridgehead atoms. The van der Waals surface area contributed by atoms with Crippen LogP contribution in [0.3, 0.4) is 0 Å². The molecule has 4 N–H and O–H groups in total. The number of nitrogens with two attached hydrogens (primary N) is 1. The summed E-state index contributed by atoms with van der Waals surface area (Å²) in [5.41, 5.74) is 4.02. The average Bonchev–Trinajstić information content (AvgIpc) is 1.87. The van der Waals surface area contributed by atoms with Gasteiger partial charge in [-0.25, -0.2) is 9.59 Å². The smallest absolute Gasteiger partial charge is 0.347 e. The summed E-state index contributed by atoms with van der Waals surface area (Å²) in [6, 6.07) is 0.431. The lowest BCUT2D eigenvalue weighted by molar-refractivity contribution is -0.132. The van der Waals surface area contributed by atoms with Crippen LogP contribution in [0.4, 0.5) is 4.79 Å². The minimum Gasteiger partial charge on any atom is -0.477 e. The molecule has 0 aliphatic carbocycles. The summed E-state index contributed by atoms with van der Waals surface area (Å²) in [5, 5.41) is 18.2. The summed E-state index contributed by atoms with van der Waals surface area (Å²) >= 11 is 0. The quantitative estimate of drug-likeness (QED) is 0.355. The number of hydrogen-bond acceptors (Lipinski definition) is 3. The molecule has 6 heteroatoms. The standard InChI is InChI=1S/C5H5N3O3/c6-1-3(4(9)10)2-8-5(7)11/h2H,(H,9,10)(H3,7,8,11)/b3-2-. The maximum absolute atomic E-state index is 10.1. The number of urea groups is 1. The van der Waals surface area contributed by atoms with E-state index in [4.69, 9.17) is 10.4 Å². The molecule has 0 aromatic heterocycles. The normalized spacial score (nSPS) is 9.91. The lowest BCUT2D eigenvalue weighted by atomic mass is 10.3. The Kier molecular flexibility index (Phi) is 3.18. The van der Waals surface area contributed by atoms with Crippen molar-refractivity contribution in [1.82, 2.24) is 5.32 Å². The van der Waals surface area contributed by atoms with Gasteiger partial charge < -0.3 is 16.2 Å². The van der Waals surface area contributed by atoms with Crippen molar-refractivity contribution in [2.24, 2.45) is 5.73 Å². The molecule has 0 aliphatic heterocycles. The van der Waals surface area contributed by atoms with Gasteiger partial charge >= 0.3 is 12.0 Å². The van der Waals surface area contributed by atoms with Crippen LogP contribution in [-0.2, 0) is 4.79 Å². The number of rotatable bonds is 2. The molecule has 0 aliphatic rings. The molecule has 58 valence electrons. The van der Waals surface area contributed by atoms with Crippen LogP contribution >= 0.6 is 0 Å². The van der Waals surface area contributed by atoms with Crippen molar-refractivity contribution in [3.8, 4) is 6.07 Å². The summed E-state index contributed by atoms with van der Waals surface area (Å²) in [4.78, 5) is 20.1.